The normalized spacial score (nSPS) is 7.25. The molecule has 8 heavy (non-hydrogen) atoms. The van der Waals surface area contributed by atoms with E-state index in [-0.39, 0.29) is 35.5 Å². The maximum absolute atomic E-state index is 10.1. The van der Waals surface area contributed by atoms with Gasteiger partial charge in [0.05, 0.1) is 0 Å². The Morgan fingerprint density at radius 2 is 2.12 bits per heavy atom. The van der Waals surface area contributed by atoms with Crippen LogP contribution in [0, 0.1) is 0 Å². The van der Waals surface area contributed by atoms with Gasteiger partial charge in [-0.25, -0.2) is 0 Å². The molecule has 0 aliphatic carbocycles. The van der Waals surface area contributed by atoms with E-state index in [2.05, 4.69) is 5.32 Å². The largest absolute Gasteiger partial charge is 1.00 e. The molecule has 0 radical (unpaired) electrons. The summed E-state index contributed by atoms with van der Waals surface area (Å²) in [4.78, 5) is 10.1. The molecular formula is C5H11NNaO+. The van der Waals surface area contributed by atoms with Crippen LogP contribution in [0.15, 0.2) is 0 Å². The van der Waals surface area contributed by atoms with E-state index in [0.717, 1.165) is 13.0 Å². The molecule has 0 aliphatic rings. The van der Waals surface area contributed by atoms with Gasteiger partial charge in [-0.05, 0) is 6.42 Å². The number of carbonyl (C=O) groups excluding carboxylic acids is 1. The molecule has 0 aromatic rings. The number of nitrogens with one attached hydrogen (secondary N) is 1. The summed E-state index contributed by atoms with van der Waals surface area (Å²) >= 11 is 0. The second-order valence-corrected chi connectivity index (χ2v) is 1.48. The van der Waals surface area contributed by atoms with E-state index < -0.39 is 0 Å². The zero-order valence-corrected chi connectivity index (χ0v) is 7.82. The minimum atomic E-state index is 0. The summed E-state index contributed by atoms with van der Waals surface area (Å²) < 4.78 is 0. The van der Waals surface area contributed by atoms with Gasteiger partial charge in [0.1, 0.15) is 0 Å². The Kier molecular flexibility index (Phi) is 10.5. The Morgan fingerprint density at radius 1 is 1.62 bits per heavy atom. The second-order valence-electron chi connectivity index (χ2n) is 1.48. The van der Waals surface area contributed by atoms with E-state index in [1.165, 1.54) is 6.92 Å². The van der Waals surface area contributed by atoms with Crippen molar-refractivity contribution in [1.29, 1.82) is 0 Å². The Labute approximate surface area is 72.3 Å². The van der Waals surface area contributed by atoms with E-state index in [9.17, 15) is 4.79 Å². The van der Waals surface area contributed by atoms with E-state index in [1.54, 1.807) is 0 Å². The molecule has 0 spiro atoms. The molecule has 2 nitrogen and oxygen atoms in total. The Hall–Kier alpha value is 0.470. The third-order valence-corrected chi connectivity index (χ3v) is 0.624. The molecule has 0 saturated heterocycles. The standard InChI is InChI=1S/C5H11NO.Na/c1-3-4-6-5(2)7;/h3-4H2,1-2H3,(H,6,7);/q;+1. The molecule has 0 aliphatic heterocycles. The number of carbonyl (C=O) groups is 1. The number of rotatable bonds is 2. The van der Waals surface area contributed by atoms with E-state index in [0.29, 0.717) is 0 Å². The summed E-state index contributed by atoms with van der Waals surface area (Å²) in [5.41, 5.74) is 0. The van der Waals surface area contributed by atoms with Gasteiger partial charge in [-0.2, -0.15) is 0 Å². The van der Waals surface area contributed by atoms with Gasteiger partial charge in [0, 0.05) is 13.5 Å². The Balaban J connectivity index is 0. The topological polar surface area (TPSA) is 29.1 Å². The average Bonchev–Trinajstić information content (AvgIpc) is 1.61. The molecule has 3 heteroatoms. The summed E-state index contributed by atoms with van der Waals surface area (Å²) in [5, 5.41) is 2.66. The summed E-state index contributed by atoms with van der Waals surface area (Å²) in [6, 6.07) is 0. The molecule has 0 fully saturated rings. The van der Waals surface area contributed by atoms with Crippen molar-refractivity contribution in [3.8, 4) is 0 Å². The molecule has 0 rings (SSSR count). The first-order chi connectivity index (χ1) is 3.27. The number of amides is 1. The molecule has 0 aromatic carbocycles. The third kappa shape index (κ3) is 9.69. The summed E-state index contributed by atoms with van der Waals surface area (Å²) in [5.74, 6) is 0.0573. The maximum atomic E-state index is 10.1. The molecule has 0 bridgehead atoms. The van der Waals surface area contributed by atoms with E-state index in [1.807, 2.05) is 6.92 Å². The molecule has 0 aromatic heterocycles. The van der Waals surface area contributed by atoms with E-state index in [4.69, 9.17) is 0 Å². The number of hydrogen-bond donors (Lipinski definition) is 1. The first-order valence-corrected chi connectivity index (χ1v) is 2.51. The van der Waals surface area contributed by atoms with Crippen LogP contribution in [0.5, 0.6) is 0 Å². The fourth-order valence-electron chi connectivity index (χ4n) is 0.301. The molecule has 0 heterocycles. The van der Waals surface area contributed by atoms with Crippen molar-refractivity contribution in [2.45, 2.75) is 20.3 Å². The van der Waals surface area contributed by atoms with Crippen molar-refractivity contribution in [1.82, 2.24) is 5.32 Å². The van der Waals surface area contributed by atoms with Crippen molar-refractivity contribution in [3.63, 3.8) is 0 Å². The monoisotopic (exact) mass is 124 g/mol. The molecule has 1 amide bonds. The zero-order valence-electron chi connectivity index (χ0n) is 5.82. The second kappa shape index (κ2) is 7.47. The first kappa shape index (κ1) is 11.3. The van der Waals surface area contributed by atoms with E-state index >= 15 is 0 Å². The minimum Gasteiger partial charge on any atom is -0.356 e. The molecule has 0 saturated carbocycles. The summed E-state index contributed by atoms with van der Waals surface area (Å²) in [7, 11) is 0. The van der Waals surface area contributed by atoms with Gasteiger partial charge >= 0.3 is 29.6 Å². The summed E-state index contributed by atoms with van der Waals surface area (Å²) in [6.07, 6.45) is 1.01. The molecule has 0 atom stereocenters. The smallest absolute Gasteiger partial charge is 0.356 e. The maximum Gasteiger partial charge on any atom is 1.00 e. The third-order valence-electron chi connectivity index (χ3n) is 0.624. The molecular weight excluding hydrogens is 113 g/mol. The Morgan fingerprint density at radius 3 is 2.25 bits per heavy atom. The molecule has 1 N–H and O–H groups in total. The number of hydrogen-bond acceptors (Lipinski definition) is 1. The van der Waals surface area contributed by atoms with Gasteiger partial charge in [-0.3, -0.25) is 4.79 Å². The zero-order chi connectivity index (χ0) is 5.70. The van der Waals surface area contributed by atoms with Crippen LogP contribution in [0.3, 0.4) is 0 Å². The van der Waals surface area contributed by atoms with Crippen molar-refractivity contribution in [2.75, 3.05) is 6.54 Å². The van der Waals surface area contributed by atoms with Crippen LogP contribution in [0.2, 0.25) is 0 Å². The summed E-state index contributed by atoms with van der Waals surface area (Å²) in [6.45, 7) is 4.35. The van der Waals surface area contributed by atoms with Crippen LogP contribution in [0.1, 0.15) is 20.3 Å². The van der Waals surface area contributed by atoms with Gasteiger partial charge in [-0.1, -0.05) is 6.92 Å². The van der Waals surface area contributed by atoms with Gasteiger partial charge in [0.2, 0.25) is 5.91 Å². The average molecular weight is 124 g/mol. The Bertz CT molecular complexity index is 65.4. The van der Waals surface area contributed by atoms with Crippen LogP contribution < -0.4 is 34.9 Å². The van der Waals surface area contributed by atoms with Gasteiger partial charge < -0.3 is 5.32 Å². The van der Waals surface area contributed by atoms with Crippen molar-refractivity contribution < 1.29 is 34.4 Å². The fraction of sp³-hybridized carbons (Fsp3) is 0.800. The molecule has 0 unspecified atom stereocenters. The van der Waals surface area contributed by atoms with Crippen LogP contribution in [-0.4, -0.2) is 12.5 Å². The SMILES string of the molecule is CCCNC(C)=O.[Na+]. The van der Waals surface area contributed by atoms with Crippen LogP contribution in [-0.2, 0) is 4.79 Å². The van der Waals surface area contributed by atoms with Crippen LogP contribution in [0.4, 0.5) is 0 Å². The van der Waals surface area contributed by atoms with Gasteiger partial charge in [0.15, 0.2) is 0 Å². The van der Waals surface area contributed by atoms with Crippen LogP contribution in [0.25, 0.3) is 0 Å². The quantitative estimate of drug-likeness (QED) is 0.406. The first-order valence-electron chi connectivity index (χ1n) is 2.51. The van der Waals surface area contributed by atoms with Crippen molar-refractivity contribution in [3.05, 3.63) is 0 Å². The van der Waals surface area contributed by atoms with Crippen molar-refractivity contribution in [2.24, 2.45) is 0 Å². The van der Waals surface area contributed by atoms with Gasteiger partial charge in [0.25, 0.3) is 0 Å². The van der Waals surface area contributed by atoms with Crippen molar-refractivity contribution >= 4 is 5.91 Å². The van der Waals surface area contributed by atoms with Crippen LogP contribution >= 0.6 is 0 Å². The minimum absolute atomic E-state index is 0. The fourth-order valence-corrected chi connectivity index (χ4v) is 0.301. The predicted octanol–water partition coefficient (Wildman–Crippen LogP) is -2.46. The predicted molar refractivity (Wildman–Crippen MR) is 29.0 cm³/mol. The van der Waals surface area contributed by atoms with Gasteiger partial charge in [-0.15, -0.1) is 0 Å². The molecule has 42 valence electrons.